The molecule has 0 radical (unpaired) electrons. The fourth-order valence-electron chi connectivity index (χ4n) is 4.84. The summed E-state index contributed by atoms with van der Waals surface area (Å²) in [7, 11) is 0. The molecule has 78 valence electrons. The van der Waals surface area contributed by atoms with Gasteiger partial charge in [-0.2, -0.15) is 0 Å². The van der Waals surface area contributed by atoms with Crippen molar-refractivity contribution in [2.24, 2.45) is 23.7 Å². The van der Waals surface area contributed by atoms with Gasteiger partial charge in [-0.25, -0.2) is 0 Å². The van der Waals surface area contributed by atoms with Crippen LogP contribution in [0.4, 0.5) is 0 Å². The predicted molar refractivity (Wildman–Crippen MR) is 51.7 cm³/mol. The van der Waals surface area contributed by atoms with E-state index < -0.39 is 0 Å². The molecule has 2 heteroatoms. The fourth-order valence-corrected chi connectivity index (χ4v) is 4.84. The van der Waals surface area contributed by atoms with Gasteiger partial charge in [-0.05, 0) is 37.0 Å². The van der Waals surface area contributed by atoms with Gasteiger partial charge in [0.2, 0.25) is 0 Å². The zero-order valence-electron chi connectivity index (χ0n) is 8.58. The van der Waals surface area contributed by atoms with Crippen molar-refractivity contribution in [2.75, 3.05) is 13.2 Å². The van der Waals surface area contributed by atoms with E-state index in [0.717, 1.165) is 36.9 Å². The van der Waals surface area contributed by atoms with E-state index in [4.69, 9.17) is 9.47 Å². The van der Waals surface area contributed by atoms with Crippen molar-refractivity contribution in [3.05, 3.63) is 0 Å². The highest BCUT2D eigenvalue weighted by molar-refractivity contribution is 5.08. The quantitative estimate of drug-likeness (QED) is 0.588. The van der Waals surface area contributed by atoms with Crippen LogP contribution in [0.15, 0.2) is 0 Å². The number of fused-ring (bicyclic) bond motifs is 6. The van der Waals surface area contributed by atoms with Crippen molar-refractivity contribution in [3.8, 4) is 0 Å². The Hall–Kier alpha value is -0.0800. The van der Waals surface area contributed by atoms with E-state index in [0.29, 0.717) is 0 Å². The molecule has 3 saturated carbocycles. The number of rotatable bonds is 0. The summed E-state index contributed by atoms with van der Waals surface area (Å²) in [6.45, 7) is 1.67. The number of hydrogen-bond acceptors (Lipinski definition) is 2. The Labute approximate surface area is 85.0 Å². The lowest BCUT2D eigenvalue weighted by Gasteiger charge is -2.38. The second-order valence-electron chi connectivity index (χ2n) is 5.57. The smallest absolute Gasteiger partial charge is 0.171 e. The van der Waals surface area contributed by atoms with Gasteiger partial charge in [-0.1, -0.05) is 6.42 Å². The first-order valence-corrected chi connectivity index (χ1v) is 6.17. The number of ether oxygens (including phenoxy) is 2. The standard InChI is InChI=1S/C12H18O2/c1-2-9-8-6-11(10(9)3-1)12(7-8)13-4-5-14-12/h8-11H,1-7H2/t8-,9-,10-,11-/m1/s1. The van der Waals surface area contributed by atoms with Crippen LogP contribution in [0.1, 0.15) is 32.1 Å². The molecule has 2 bridgehead atoms. The van der Waals surface area contributed by atoms with Gasteiger partial charge in [-0.3, -0.25) is 0 Å². The molecule has 4 fully saturated rings. The topological polar surface area (TPSA) is 18.5 Å². The molecule has 1 saturated heterocycles. The molecule has 1 aliphatic heterocycles. The highest BCUT2D eigenvalue weighted by atomic mass is 16.7. The van der Waals surface area contributed by atoms with E-state index in [9.17, 15) is 0 Å². The van der Waals surface area contributed by atoms with Crippen LogP contribution < -0.4 is 0 Å². The molecule has 0 aromatic rings. The summed E-state index contributed by atoms with van der Waals surface area (Å²) in [5.74, 6) is 3.58. The summed E-state index contributed by atoms with van der Waals surface area (Å²) in [4.78, 5) is 0. The van der Waals surface area contributed by atoms with Crippen LogP contribution in [0.25, 0.3) is 0 Å². The van der Waals surface area contributed by atoms with Crippen molar-refractivity contribution < 1.29 is 9.47 Å². The van der Waals surface area contributed by atoms with E-state index in [1.807, 2.05) is 0 Å². The average molecular weight is 194 g/mol. The van der Waals surface area contributed by atoms with Gasteiger partial charge in [0.1, 0.15) is 0 Å². The van der Waals surface area contributed by atoms with Gasteiger partial charge in [0.05, 0.1) is 13.2 Å². The Kier molecular flexibility index (Phi) is 1.47. The second kappa shape index (κ2) is 2.53. The van der Waals surface area contributed by atoms with Crippen LogP contribution in [0.2, 0.25) is 0 Å². The normalized spacial score (nSPS) is 53.1. The Balaban J connectivity index is 1.69. The molecule has 3 aliphatic carbocycles. The molecule has 0 aromatic carbocycles. The third-order valence-corrected chi connectivity index (χ3v) is 5.19. The van der Waals surface area contributed by atoms with Gasteiger partial charge in [-0.15, -0.1) is 0 Å². The lowest BCUT2D eigenvalue weighted by atomic mass is 9.78. The zero-order valence-corrected chi connectivity index (χ0v) is 8.58. The van der Waals surface area contributed by atoms with Crippen molar-refractivity contribution in [3.63, 3.8) is 0 Å². The zero-order chi connectivity index (χ0) is 9.17. The number of hydrogen-bond donors (Lipinski definition) is 0. The van der Waals surface area contributed by atoms with Crippen LogP contribution in [-0.4, -0.2) is 19.0 Å². The van der Waals surface area contributed by atoms with E-state index >= 15 is 0 Å². The summed E-state index contributed by atoms with van der Waals surface area (Å²) < 4.78 is 11.8. The lowest BCUT2D eigenvalue weighted by Crippen LogP contribution is -2.42. The van der Waals surface area contributed by atoms with Crippen molar-refractivity contribution in [2.45, 2.75) is 37.9 Å². The molecule has 4 rings (SSSR count). The summed E-state index contributed by atoms with van der Waals surface area (Å²) in [6, 6.07) is 0. The first-order valence-electron chi connectivity index (χ1n) is 6.17. The molecule has 0 amide bonds. The largest absolute Gasteiger partial charge is 0.347 e. The van der Waals surface area contributed by atoms with Gasteiger partial charge >= 0.3 is 0 Å². The Bertz CT molecular complexity index is 257. The molecule has 1 spiro atoms. The highest BCUT2D eigenvalue weighted by Gasteiger charge is 2.63. The van der Waals surface area contributed by atoms with Crippen molar-refractivity contribution in [1.82, 2.24) is 0 Å². The molecule has 1 heterocycles. The summed E-state index contributed by atoms with van der Waals surface area (Å²) in [5.41, 5.74) is 0. The minimum absolute atomic E-state index is 0.101. The molecule has 2 nitrogen and oxygen atoms in total. The molecule has 14 heavy (non-hydrogen) atoms. The van der Waals surface area contributed by atoms with E-state index in [-0.39, 0.29) is 5.79 Å². The minimum atomic E-state index is -0.101. The molecular formula is C12H18O2. The molecule has 0 aromatic heterocycles. The summed E-state index contributed by atoms with van der Waals surface area (Å²) in [5, 5.41) is 0. The van der Waals surface area contributed by atoms with Crippen LogP contribution in [0, 0.1) is 23.7 Å². The van der Waals surface area contributed by atoms with Gasteiger partial charge in [0.25, 0.3) is 0 Å². The SMILES string of the molecule is C1C[C@@H]2[C@@H]3C[C@H]([C@@H]2C1)C1(C3)OCCO1. The van der Waals surface area contributed by atoms with E-state index in [2.05, 4.69) is 0 Å². The maximum absolute atomic E-state index is 5.92. The van der Waals surface area contributed by atoms with E-state index in [1.54, 1.807) is 0 Å². The third-order valence-electron chi connectivity index (χ3n) is 5.19. The maximum atomic E-state index is 5.92. The molecular weight excluding hydrogens is 176 g/mol. The molecule has 0 unspecified atom stereocenters. The predicted octanol–water partition coefficient (Wildman–Crippen LogP) is 2.19. The summed E-state index contributed by atoms with van der Waals surface area (Å²) >= 11 is 0. The molecule has 4 atom stereocenters. The lowest BCUT2D eigenvalue weighted by molar-refractivity contribution is -0.206. The molecule has 0 N–H and O–H groups in total. The Morgan fingerprint density at radius 2 is 1.79 bits per heavy atom. The second-order valence-corrected chi connectivity index (χ2v) is 5.57. The Morgan fingerprint density at radius 3 is 2.64 bits per heavy atom. The van der Waals surface area contributed by atoms with Crippen LogP contribution in [0.3, 0.4) is 0 Å². The van der Waals surface area contributed by atoms with Crippen LogP contribution in [-0.2, 0) is 9.47 Å². The van der Waals surface area contributed by atoms with Gasteiger partial charge < -0.3 is 9.47 Å². The first-order chi connectivity index (χ1) is 6.89. The van der Waals surface area contributed by atoms with Crippen LogP contribution in [0.5, 0.6) is 0 Å². The van der Waals surface area contributed by atoms with Crippen molar-refractivity contribution in [1.29, 1.82) is 0 Å². The van der Waals surface area contributed by atoms with Gasteiger partial charge in [0, 0.05) is 12.3 Å². The highest BCUT2D eigenvalue weighted by Crippen LogP contribution is 2.64. The molecule has 4 aliphatic rings. The monoisotopic (exact) mass is 194 g/mol. The fraction of sp³-hybridized carbons (Fsp3) is 1.00. The minimum Gasteiger partial charge on any atom is -0.347 e. The van der Waals surface area contributed by atoms with E-state index in [1.165, 1.54) is 32.1 Å². The first kappa shape index (κ1) is 8.12. The summed E-state index contributed by atoms with van der Waals surface area (Å²) in [6.07, 6.45) is 6.99. The Morgan fingerprint density at radius 1 is 1.00 bits per heavy atom. The third kappa shape index (κ3) is 0.809. The van der Waals surface area contributed by atoms with Gasteiger partial charge in [0.15, 0.2) is 5.79 Å². The average Bonchev–Trinajstić information content (AvgIpc) is 2.88. The maximum Gasteiger partial charge on any atom is 0.171 e. The van der Waals surface area contributed by atoms with Crippen molar-refractivity contribution >= 4 is 0 Å². The van der Waals surface area contributed by atoms with Crippen LogP contribution >= 0.6 is 0 Å².